The molecule has 1 aliphatic rings. The molecule has 0 amide bonds. The Hall–Kier alpha value is -3.29. The third-order valence-electron chi connectivity index (χ3n) is 4.79. The molecule has 3 aromatic rings. The first-order valence-electron chi connectivity index (χ1n) is 9.37. The van der Waals surface area contributed by atoms with Crippen LogP contribution in [0.3, 0.4) is 0 Å². The molecular formula is C20H21N5O3. The van der Waals surface area contributed by atoms with Gasteiger partial charge in [-0.2, -0.15) is 4.98 Å². The topological polar surface area (TPSA) is 94.2 Å². The molecule has 0 N–H and O–H groups in total. The van der Waals surface area contributed by atoms with Gasteiger partial charge in [-0.15, -0.1) is 0 Å². The number of carbonyl (C=O) groups is 1. The van der Waals surface area contributed by atoms with Crippen molar-refractivity contribution in [3.63, 3.8) is 0 Å². The lowest BCUT2D eigenvalue weighted by atomic mass is 9.97. The first-order valence-corrected chi connectivity index (χ1v) is 9.37. The highest BCUT2D eigenvalue weighted by molar-refractivity contribution is 5.74. The fraction of sp³-hybridized carbons (Fsp3) is 0.350. The number of piperidine rings is 1. The first kappa shape index (κ1) is 18.1. The summed E-state index contributed by atoms with van der Waals surface area (Å²) >= 11 is 0. The number of anilines is 1. The van der Waals surface area contributed by atoms with E-state index in [-0.39, 0.29) is 11.9 Å². The minimum Gasteiger partial charge on any atom is -0.466 e. The maximum Gasteiger partial charge on any atom is 0.309 e. The summed E-state index contributed by atoms with van der Waals surface area (Å²) in [6.07, 6.45) is 4.63. The molecule has 2 aromatic heterocycles. The van der Waals surface area contributed by atoms with E-state index in [9.17, 15) is 4.79 Å². The Balaban J connectivity index is 1.54. The Bertz CT molecular complexity index is 936. The maximum atomic E-state index is 12.0. The largest absolute Gasteiger partial charge is 0.466 e. The standard InChI is InChI=1S/C20H21N5O3/c1-2-27-20(26)15-8-10-25(11-9-15)18-16(12-21-13-22-18)19-23-17(24-28-19)14-6-4-3-5-7-14/h3-7,12-13,15H,2,8-11H2,1H3. The Labute approximate surface area is 162 Å². The molecule has 28 heavy (non-hydrogen) atoms. The van der Waals surface area contributed by atoms with Crippen molar-refractivity contribution in [3.05, 3.63) is 42.9 Å². The lowest BCUT2D eigenvalue weighted by molar-refractivity contribution is -0.148. The average Bonchev–Trinajstić information content (AvgIpc) is 3.25. The number of nitrogens with zero attached hydrogens (tertiary/aromatic N) is 5. The molecule has 144 valence electrons. The van der Waals surface area contributed by atoms with Crippen LogP contribution in [-0.2, 0) is 9.53 Å². The van der Waals surface area contributed by atoms with Gasteiger partial charge in [-0.1, -0.05) is 35.5 Å². The molecule has 0 saturated carbocycles. The molecule has 8 nitrogen and oxygen atoms in total. The highest BCUT2D eigenvalue weighted by Crippen LogP contribution is 2.31. The Morgan fingerprint density at radius 3 is 2.79 bits per heavy atom. The molecule has 8 heteroatoms. The van der Waals surface area contributed by atoms with Gasteiger partial charge in [0.25, 0.3) is 5.89 Å². The van der Waals surface area contributed by atoms with Gasteiger partial charge < -0.3 is 14.2 Å². The van der Waals surface area contributed by atoms with Gasteiger partial charge in [-0.05, 0) is 19.8 Å². The fourth-order valence-electron chi connectivity index (χ4n) is 3.35. The van der Waals surface area contributed by atoms with Crippen LogP contribution in [0.2, 0.25) is 0 Å². The van der Waals surface area contributed by atoms with Crippen molar-refractivity contribution in [1.29, 1.82) is 0 Å². The zero-order valence-electron chi connectivity index (χ0n) is 15.6. The highest BCUT2D eigenvalue weighted by atomic mass is 16.5. The van der Waals surface area contributed by atoms with Gasteiger partial charge in [-0.3, -0.25) is 4.79 Å². The van der Waals surface area contributed by atoms with E-state index < -0.39 is 0 Å². The summed E-state index contributed by atoms with van der Waals surface area (Å²) in [5, 5.41) is 4.08. The zero-order valence-corrected chi connectivity index (χ0v) is 15.6. The van der Waals surface area contributed by atoms with E-state index >= 15 is 0 Å². The van der Waals surface area contributed by atoms with Gasteiger partial charge >= 0.3 is 5.97 Å². The van der Waals surface area contributed by atoms with E-state index in [2.05, 4.69) is 25.0 Å². The maximum absolute atomic E-state index is 12.0. The van der Waals surface area contributed by atoms with Crippen LogP contribution in [0.4, 0.5) is 5.82 Å². The summed E-state index contributed by atoms with van der Waals surface area (Å²) < 4.78 is 10.6. The SMILES string of the molecule is CCOC(=O)C1CCN(c2ncncc2-c2nc(-c3ccccc3)no2)CC1. The van der Waals surface area contributed by atoms with Crippen molar-refractivity contribution in [2.75, 3.05) is 24.6 Å². The summed E-state index contributed by atoms with van der Waals surface area (Å²) in [6.45, 7) is 3.64. The summed E-state index contributed by atoms with van der Waals surface area (Å²) in [6, 6.07) is 9.65. The van der Waals surface area contributed by atoms with Crippen molar-refractivity contribution >= 4 is 11.8 Å². The van der Waals surface area contributed by atoms with E-state index in [1.165, 1.54) is 6.33 Å². The van der Waals surface area contributed by atoms with Crippen molar-refractivity contribution in [2.24, 2.45) is 5.92 Å². The lowest BCUT2D eigenvalue weighted by Gasteiger charge is -2.32. The van der Waals surface area contributed by atoms with Gasteiger partial charge in [0.1, 0.15) is 17.7 Å². The van der Waals surface area contributed by atoms with Crippen molar-refractivity contribution in [2.45, 2.75) is 19.8 Å². The second-order valence-corrected chi connectivity index (χ2v) is 6.56. The number of esters is 1. The average molecular weight is 379 g/mol. The van der Waals surface area contributed by atoms with Gasteiger partial charge in [-0.25, -0.2) is 9.97 Å². The molecule has 0 unspecified atom stereocenters. The van der Waals surface area contributed by atoms with Gasteiger partial charge in [0.05, 0.1) is 12.5 Å². The first-order chi connectivity index (χ1) is 13.8. The molecule has 1 aromatic carbocycles. The Kier molecular flexibility index (Phi) is 5.27. The number of hydrogen-bond donors (Lipinski definition) is 0. The van der Waals surface area contributed by atoms with Crippen LogP contribution in [0, 0.1) is 5.92 Å². The van der Waals surface area contributed by atoms with Crippen LogP contribution >= 0.6 is 0 Å². The van der Waals surface area contributed by atoms with Crippen LogP contribution in [0.1, 0.15) is 19.8 Å². The monoisotopic (exact) mass is 379 g/mol. The third kappa shape index (κ3) is 3.71. The summed E-state index contributed by atoms with van der Waals surface area (Å²) in [7, 11) is 0. The van der Waals surface area contributed by atoms with Crippen LogP contribution in [0.15, 0.2) is 47.4 Å². The van der Waals surface area contributed by atoms with Gasteiger partial charge in [0, 0.05) is 24.8 Å². The number of ether oxygens (including phenoxy) is 1. The molecule has 3 heterocycles. The highest BCUT2D eigenvalue weighted by Gasteiger charge is 2.28. The fourth-order valence-corrected chi connectivity index (χ4v) is 3.35. The minimum absolute atomic E-state index is 0.0606. The number of aromatic nitrogens is 4. The number of rotatable bonds is 5. The van der Waals surface area contributed by atoms with Crippen molar-refractivity contribution in [3.8, 4) is 22.8 Å². The third-order valence-corrected chi connectivity index (χ3v) is 4.79. The smallest absolute Gasteiger partial charge is 0.309 e. The molecule has 0 bridgehead atoms. The quantitative estimate of drug-likeness (QED) is 0.625. The van der Waals surface area contributed by atoms with Crippen LogP contribution < -0.4 is 4.90 Å². The van der Waals surface area contributed by atoms with E-state index in [4.69, 9.17) is 9.26 Å². The van der Waals surface area contributed by atoms with Crippen LogP contribution in [0.5, 0.6) is 0 Å². The summed E-state index contributed by atoms with van der Waals surface area (Å²) in [5.41, 5.74) is 1.57. The molecular weight excluding hydrogens is 358 g/mol. The molecule has 0 atom stereocenters. The number of benzene rings is 1. The van der Waals surface area contributed by atoms with E-state index in [0.29, 0.717) is 37.0 Å². The normalized spacial score (nSPS) is 14.8. The number of hydrogen-bond acceptors (Lipinski definition) is 8. The van der Waals surface area contributed by atoms with Gasteiger partial charge in [0.2, 0.25) is 5.82 Å². The van der Waals surface area contributed by atoms with Crippen molar-refractivity contribution in [1.82, 2.24) is 20.1 Å². The van der Waals surface area contributed by atoms with E-state index in [1.54, 1.807) is 6.20 Å². The van der Waals surface area contributed by atoms with E-state index in [1.807, 2.05) is 37.3 Å². The van der Waals surface area contributed by atoms with Crippen LogP contribution in [-0.4, -0.2) is 45.8 Å². The predicted molar refractivity (Wildman–Crippen MR) is 102 cm³/mol. The summed E-state index contributed by atoms with van der Waals surface area (Å²) in [4.78, 5) is 27.2. The summed E-state index contributed by atoms with van der Waals surface area (Å²) in [5.74, 6) is 1.46. The molecule has 1 saturated heterocycles. The molecule has 0 aliphatic carbocycles. The molecule has 1 fully saturated rings. The predicted octanol–water partition coefficient (Wildman–Crippen LogP) is 2.97. The number of carbonyl (C=O) groups excluding carboxylic acids is 1. The molecule has 0 radical (unpaired) electrons. The second-order valence-electron chi connectivity index (χ2n) is 6.56. The molecule has 4 rings (SSSR count). The second kappa shape index (κ2) is 8.16. The Morgan fingerprint density at radius 2 is 2.04 bits per heavy atom. The zero-order chi connectivity index (χ0) is 19.3. The lowest BCUT2D eigenvalue weighted by Crippen LogP contribution is -2.37. The van der Waals surface area contributed by atoms with Crippen molar-refractivity contribution < 1.29 is 14.1 Å². The van der Waals surface area contributed by atoms with Crippen LogP contribution in [0.25, 0.3) is 22.8 Å². The van der Waals surface area contributed by atoms with E-state index in [0.717, 1.165) is 24.2 Å². The van der Waals surface area contributed by atoms with Gasteiger partial charge in [0.15, 0.2) is 0 Å². The molecule has 1 aliphatic heterocycles. The molecule has 0 spiro atoms. The minimum atomic E-state index is -0.116. The Morgan fingerprint density at radius 1 is 1.25 bits per heavy atom.